The minimum atomic E-state index is 0.0200. The summed E-state index contributed by atoms with van der Waals surface area (Å²) in [6.07, 6.45) is 3.63. The first kappa shape index (κ1) is 12.7. The number of nitrogen functional groups attached to an aromatic ring is 1. The third-order valence-corrected chi connectivity index (χ3v) is 2.61. The van der Waals surface area contributed by atoms with E-state index in [0.29, 0.717) is 11.1 Å². The Morgan fingerprint density at radius 1 is 0.895 bits per heavy atom. The summed E-state index contributed by atoms with van der Waals surface area (Å²) in [6, 6.07) is 11.6. The molecule has 0 heterocycles. The first-order valence-corrected chi connectivity index (χ1v) is 5.70. The Bertz CT molecular complexity index is 611. The Hall–Kier alpha value is -2.75. The predicted octanol–water partition coefficient (Wildman–Crippen LogP) is 2.55. The van der Waals surface area contributed by atoms with E-state index in [4.69, 9.17) is 11.1 Å². The molecule has 5 N–H and O–H groups in total. The number of rotatable bonds is 3. The van der Waals surface area contributed by atoms with Crippen LogP contribution in [-0.4, -0.2) is 16.0 Å². The summed E-state index contributed by atoms with van der Waals surface area (Å²) in [4.78, 5) is 0. The number of nitrogens with one attached hydrogen (secondary N) is 1. The van der Waals surface area contributed by atoms with Crippen LogP contribution >= 0.6 is 0 Å². The summed E-state index contributed by atoms with van der Waals surface area (Å²) in [5, 5.41) is 26.0. The van der Waals surface area contributed by atoms with Gasteiger partial charge >= 0.3 is 0 Å². The van der Waals surface area contributed by atoms with Crippen molar-refractivity contribution in [1.29, 1.82) is 5.41 Å². The standard InChI is InChI=1S/C15H14N2O2/c16-15(17)12-5-3-10(4-6-12)1-2-11-7-13(18)9-14(19)8-11/h1-9,18-19H,(H3,16,17). The van der Waals surface area contributed by atoms with E-state index in [1.807, 2.05) is 18.2 Å². The summed E-state index contributed by atoms with van der Waals surface area (Å²) >= 11 is 0. The van der Waals surface area contributed by atoms with Crippen LogP contribution in [0.5, 0.6) is 11.5 Å². The lowest BCUT2D eigenvalue weighted by atomic mass is 10.1. The minimum absolute atomic E-state index is 0.0200. The van der Waals surface area contributed by atoms with Crippen molar-refractivity contribution in [2.24, 2.45) is 5.73 Å². The topological polar surface area (TPSA) is 90.3 Å². The lowest BCUT2D eigenvalue weighted by Crippen LogP contribution is -2.10. The molecular weight excluding hydrogens is 240 g/mol. The molecule has 0 unspecified atom stereocenters. The van der Waals surface area contributed by atoms with Gasteiger partial charge in [-0.3, -0.25) is 5.41 Å². The molecule has 0 saturated carbocycles. The largest absolute Gasteiger partial charge is 0.508 e. The zero-order valence-electron chi connectivity index (χ0n) is 10.2. The monoisotopic (exact) mass is 254 g/mol. The van der Waals surface area contributed by atoms with Gasteiger partial charge in [0.25, 0.3) is 0 Å². The third-order valence-electron chi connectivity index (χ3n) is 2.61. The SMILES string of the molecule is N=C(N)c1ccc(C=Cc2cc(O)cc(O)c2)cc1. The van der Waals surface area contributed by atoms with Gasteiger partial charge < -0.3 is 15.9 Å². The van der Waals surface area contributed by atoms with Crippen LogP contribution in [-0.2, 0) is 0 Å². The molecule has 0 fully saturated rings. The highest BCUT2D eigenvalue weighted by atomic mass is 16.3. The second-order valence-corrected chi connectivity index (χ2v) is 4.15. The van der Waals surface area contributed by atoms with E-state index >= 15 is 0 Å². The van der Waals surface area contributed by atoms with E-state index in [-0.39, 0.29) is 17.3 Å². The Labute approximate surface area is 111 Å². The van der Waals surface area contributed by atoms with E-state index in [1.54, 1.807) is 30.3 Å². The molecule has 0 bridgehead atoms. The number of aromatic hydroxyl groups is 2. The van der Waals surface area contributed by atoms with Crippen LogP contribution in [0.1, 0.15) is 16.7 Å². The molecule has 0 spiro atoms. The molecule has 0 atom stereocenters. The first-order chi connectivity index (χ1) is 9.04. The van der Waals surface area contributed by atoms with Crippen LogP contribution in [0, 0.1) is 5.41 Å². The molecule has 0 saturated heterocycles. The molecule has 2 aromatic carbocycles. The van der Waals surface area contributed by atoms with Gasteiger partial charge in [0, 0.05) is 11.6 Å². The highest BCUT2D eigenvalue weighted by Crippen LogP contribution is 2.21. The predicted molar refractivity (Wildman–Crippen MR) is 76.2 cm³/mol. The minimum Gasteiger partial charge on any atom is -0.508 e. The van der Waals surface area contributed by atoms with Crippen molar-refractivity contribution in [1.82, 2.24) is 0 Å². The lowest BCUT2D eigenvalue weighted by Gasteiger charge is -2.00. The highest BCUT2D eigenvalue weighted by Gasteiger charge is 1.97. The average molecular weight is 254 g/mol. The fraction of sp³-hybridized carbons (Fsp3) is 0. The van der Waals surface area contributed by atoms with Crippen molar-refractivity contribution < 1.29 is 10.2 Å². The van der Waals surface area contributed by atoms with E-state index in [1.165, 1.54) is 6.07 Å². The molecule has 0 aliphatic rings. The number of hydrogen-bond donors (Lipinski definition) is 4. The van der Waals surface area contributed by atoms with Gasteiger partial charge in [0.1, 0.15) is 17.3 Å². The normalized spacial score (nSPS) is 10.7. The van der Waals surface area contributed by atoms with Crippen LogP contribution in [0.15, 0.2) is 42.5 Å². The number of nitrogens with two attached hydrogens (primary N) is 1. The van der Waals surface area contributed by atoms with Crippen molar-refractivity contribution in [2.45, 2.75) is 0 Å². The third kappa shape index (κ3) is 3.35. The molecule has 0 aliphatic heterocycles. The summed E-state index contributed by atoms with van der Waals surface area (Å²) < 4.78 is 0. The number of phenols is 2. The molecule has 2 aromatic rings. The van der Waals surface area contributed by atoms with Crippen LogP contribution in [0.25, 0.3) is 12.2 Å². The number of amidine groups is 1. The van der Waals surface area contributed by atoms with Crippen LogP contribution in [0.4, 0.5) is 0 Å². The van der Waals surface area contributed by atoms with E-state index < -0.39 is 0 Å². The summed E-state index contributed by atoms with van der Waals surface area (Å²) in [6.45, 7) is 0. The molecule has 0 aromatic heterocycles. The Balaban J connectivity index is 2.20. The number of benzene rings is 2. The fourth-order valence-electron chi connectivity index (χ4n) is 1.68. The molecule has 0 radical (unpaired) electrons. The zero-order chi connectivity index (χ0) is 13.8. The molecule has 4 heteroatoms. The summed E-state index contributed by atoms with van der Waals surface area (Å²) in [7, 11) is 0. The maximum absolute atomic E-state index is 9.36. The second kappa shape index (κ2) is 5.27. The molecule has 0 amide bonds. The molecule has 96 valence electrons. The second-order valence-electron chi connectivity index (χ2n) is 4.15. The van der Waals surface area contributed by atoms with E-state index in [0.717, 1.165) is 5.56 Å². The maximum Gasteiger partial charge on any atom is 0.122 e. The first-order valence-electron chi connectivity index (χ1n) is 5.70. The van der Waals surface area contributed by atoms with Gasteiger partial charge in [0.15, 0.2) is 0 Å². The Kier molecular flexibility index (Phi) is 3.52. The van der Waals surface area contributed by atoms with E-state index in [9.17, 15) is 10.2 Å². The van der Waals surface area contributed by atoms with Crippen molar-refractivity contribution in [3.8, 4) is 11.5 Å². The van der Waals surface area contributed by atoms with Gasteiger partial charge in [-0.1, -0.05) is 36.4 Å². The van der Waals surface area contributed by atoms with Crippen LogP contribution in [0.2, 0.25) is 0 Å². The summed E-state index contributed by atoms with van der Waals surface area (Å²) in [5.74, 6) is 0.0755. The molecule has 2 rings (SSSR count). The van der Waals surface area contributed by atoms with Crippen molar-refractivity contribution >= 4 is 18.0 Å². The average Bonchev–Trinajstić information content (AvgIpc) is 2.36. The smallest absolute Gasteiger partial charge is 0.122 e. The Morgan fingerprint density at radius 3 is 1.95 bits per heavy atom. The maximum atomic E-state index is 9.36. The van der Waals surface area contributed by atoms with Gasteiger partial charge in [-0.05, 0) is 23.3 Å². The van der Waals surface area contributed by atoms with Gasteiger partial charge in [-0.2, -0.15) is 0 Å². The van der Waals surface area contributed by atoms with Crippen molar-refractivity contribution in [3.63, 3.8) is 0 Å². The van der Waals surface area contributed by atoms with Gasteiger partial charge in [0.05, 0.1) is 0 Å². The van der Waals surface area contributed by atoms with Crippen molar-refractivity contribution in [2.75, 3.05) is 0 Å². The highest BCUT2D eigenvalue weighted by molar-refractivity contribution is 5.95. The van der Waals surface area contributed by atoms with Gasteiger partial charge in [0.2, 0.25) is 0 Å². The van der Waals surface area contributed by atoms with Crippen molar-refractivity contribution in [3.05, 3.63) is 59.2 Å². The van der Waals surface area contributed by atoms with Gasteiger partial charge in [-0.25, -0.2) is 0 Å². The molecule has 0 aliphatic carbocycles. The van der Waals surface area contributed by atoms with Crippen LogP contribution < -0.4 is 5.73 Å². The van der Waals surface area contributed by atoms with Gasteiger partial charge in [-0.15, -0.1) is 0 Å². The zero-order valence-corrected chi connectivity index (χ0v) is 10.2. The quantitative estimate of drug-likeness (QED) is 0.385. The fourth-order valence-corrected chi connectivity index (χ4v) is 1.68. The summed E-state index contributed by atoms with van der Waals surface area (Å²) in [5.41, 5.74) is 7.68. The molecule has 19 heavy (non-hydrogen) atoms. The number of hydrogen-bond acceptors (Lipinski definition) is 3. The van der Waals surface area contributed by atoms with E-state index in [2.05, 4.69) is 0 Å². The van der Waals surface area contributed by atoms with Crippen LogP contribution in [0.3, 0.4) is 0 Å². The lowest BCUT2D eigenvalue weighted by molar-refractivity contribution is 0.450. The molecule has 4 nitrogen and oxygen atoms in total. The number of phenolic OH excluding ortho intramolecular Hbond substituents is 2. The Morgan fingerprint density at radius 2 is 1.42 bits per heavy atom. The molecular formula is C15H14N2O2.